The summed E-state index contributed by atoms with van der Waals surface area (Å²) in [5.41, 5.74) is 1.31. The molecule has 0 radical (unpaired) electrons. The van der Waals surface area contributed by atoms with Gasteiger partial charge in [-0.15, -0.1) is 5.11 Å². The molecule has 0 saturated heterocycles. The maximum Gasteiger partial charge on any atom is 0.311 e. The van der Waals surface area contributed by atoms with Crippen LogP contribution in [0.3, 0.4) is 0 Å². The molecular weight excluding hydrogens is 428 g/mol. The normalized spacial score (nSPS) is 16.8. The molecule has 158 valence electrons. The van der Waals surface area contributed by atoms with Crippen LogP contribution in [0.15, 0.2) is 111 Å². The Morgan fingerprint density at radius 3 is 2.44 bits per heavy atom. The number of carbonyl (C=O) groups is 2. The number of amidine groups is 1. The first kappa shape index (κ1) is 21.0. The predicted molar refractivity (Wildman–Crippen MR) is 122 cm³/mol. The number of benzene rings is 2. The first-order valence-electron chi connectivity index (χ1n) is 9.40. The number of hydrogen-bond donors (Lipinski definition) is 2. The van der Waals surface area contributed by atoms with Gasteiger partial charge in [0.1, 0.15) is 11.5 Å². The summed E-state index contributed by atoms with van der Waals surface area (Å²) in [6.07, 6.45) is 7.97. The zero-order valence-corrected chi connectivity index (χ0v) is 17.3. The Morgan fingerprint density at radius 1 is 1.03 bits per heavy atom. The Kier molecular flexibility index (Phi) is 6.09. The minimum absolute atomic E-state index is 0.0260. The van der Waals surface area contributed by atoms with Crippen molar-refractivity contribution < 1.29 is 19.8 Å². The summed E-state index contributed by atoms with van der Waals surface area (Å²) < 4.78 is 0. The Morgan fingerprint density at radius 2 is 1.72 bits per heavy atom. The fourth-order valence-electron chi connectivity index (χ4n) is 2.90. The Hall–Kier alpha value is -4.24. The molecule has 2 aliphatic heterocycles. The molecule has 0 aliphatic carbocycles. The number of aliphatic hydroxyl groups excluding tert-OH is 1. The highest BCUT2D eigenvalue weighted by molar-refractivity contribution is 8.18. The molecule has 2 aromatic carbocycles. The number of hydrogen-bond acceptors (Lipinski definition) is 7. The molecule has 4 rings (SSSR count). The van der Waals surface area contributed by atoms with Crippen molar-refractivity contribution in [2.75, 3.05) is 0 Å². The van der Waals surface area contributed by atoms with Crippen LogP contribution < -0.4 is 0 Å². The third kappa shape index (κ3) is 4.57. The lowest BCUT2D eigenvalue weighted by atomic mass is 10.1. The number of azo groups is 1. The standard InChI is InChI=1S/C23H16N4O4S/c28-18-9-5-4-8-17(18)22(30)26-24-14-19-21(25-23(31)32-19)27-12-10-16(11-13-27)20(29)15-6-2-1-3-7-15/h1-14,28-29H/b19-14-,26-24?. The molecule has 2 aliphatic rings. The summed E-state index contributed by atoms with van der Waals surface area (Å²) >= 11 is 0.855. The monoisotopic (exact) mass is 444 g/mol. The van der Waals surface area contributed by atoms with Crippen molar-refractivity contribution in [3.05, 3.63) is 107 Å². The first-order valence-corrected chi connectivity index (χ1v) is 10.2. The molecule has 32 heavy (non-hydrogen) atoms. The van der Waals surface area contributed by atoms with Crippen LogP contribution in [0.4, 0.5) is 4.79 Å². The molecular formula is C23H16N4O4S. The number of aliphatic hydroxyl groups is 1. The van der Waals surface area contributed by atoms with Gasteiger partial charge in [-0.1, -0.05) is 42.5 Å². The van der Waals surface area contributed by atoms with Gasteiger partial charge in [0.05, 0.1) is 16.7 Å². The smallest absolute Gasteiger partial charge is 0.311 e. The van der Waals surface area contributed by atoms with E-state index in [1.807, 2.05) is 18.2 Å². The van der Waals surface area contributed by atoms with E-state index >= 15 is 0 Å². The molecule has 0 aromatic heterocycles. The molecule has 0 fully saturated rings. The number of aliphatic imine (C=N–C) groups is 1. The number of allylic oxidation sites excluding steroid dienone is 3. The highest BCUT2D eigenvalue weighted by Crippen LogP contribution is 2.31. The van der Waals surface area contributed by atoms with Crippen LogP contribution >= 0.6 is 11.8 Å². The number of carbonyl (C=O) groups excluding carboxylic acids is 2. The summed E-state index contributed by atoms with van der Waals surface area (Å²) in [4.78, 5) is 29.9. The molecule has 0 unspecified atom stereocenters. The maximum atomic E-state index is 12.1. The van der Waals surface area contributed by atoms with Crippen molar-refractivity contribution >= 4 is 34.5 Å². The van der Waals surface area contributed by atoms with Crippen molar-refractivity contribution in [1.29, 1.82) is 0 Å². The average Bonchev–Trinajstić information content (AvgIpc) is 3.19. The van der Waals surface area contributed by atoms with E-state index < -0.39 is 11.1 Å². The van der Waals surface area contributed by atoms with Gasteiger partial charge in [0.25, 0.3) is 5.91 Å². The van der Waals surface area contributed by atoms with Gasteiger partial charge in [0.2, 0.25) is 0 Å². The van der Waals surface area contributed by atoms with Crippen molar-refractivity contribution in [2.45, 2.75) is 0 Å². The predicted octanol–water partition coefficient (Wildman–Crippen LogP) is 5.40. The topological polar surface area (TPSA) is 115 Å². The van der Waals surface area contributed by atoms with Gasteiger partial charge < -0.3 is 15.1 Å². The molecule has 2 aromatic rings. The van der Waals surface area contributed by atoms with Gasteiger partial charge in [-0.25, -0.2) is 0 Å². The molecule has 0 bridgehead atoms. The van der Waals surface area contributed by atoms with E-state index in [-0.39, 0.29) is 17.1 Å². The number of nitrogens with zero attached hydrogens (tertiary/aromatic N) is 4. The second-order valence-electron chi connectivity index (χ2n) is 6.54. The van der Waals surface area contributed by atoms with Gasteiger partial charge in [-0.05, 0) is 36.0 Å². The lowest BCUT2D eigenvalue weighted by molar-refractivity contribution is 0.0992. The summed E-state index contributed by atoms with van der Waals surface area (Å²) in [6.45, 7) is 0. The lowest BCUT2D eigenvalue weighted by Gasteiger charge is -2.19. The van der Waals surface area contributed by atoms with Gasteiger partial charge >= 0.3 is 5.24 Å². The highest BCUT2D eigenvalue weighted by atomic mass is 32.2. The number of rotatable bonds is 3. The van der Waals surface area contributed by atoms with Crippen LogP contribution in [0.2, 0.25) is 0 Å². The molecule has 0 atom stereocenters. The van der Waals surface area contributed by atoms with E-state index in [1.165, 1.54) is 18.3 Å². The molecule has 9 heteroatoms. The van der Waals surface area contributed by atoms with Crippen LogP contribution in [0.5, 0.6) is 5.75 Å². The third-order valence-corrected chi connectivity index (χ3v) is 5.24. The zero-order chi connectivity index (χ0) is 22.5. The van der Waals surface area contributed by atoms with Crippen molar-refractivity contribution in [1.82, 2.24) is 4.90 Å². The molecule has 8 nitrogen and oxygen atoms in total. The second-order valence-corrected chi connectivity index (χ2v) is 7.54. The highest BCUT2D eigenvalue weighted by Gasteiger charge is 2.26. The first-order chi connectivity index (χ1) is 15.5. The number of aromatic hydroxyl groups is 1. The summed E-state index contributed by atoms with van der Waals surface area (Å²) in [7, 11) is 0. The van der Waals surface area contributed by atoms with E-state index in [0.29, 0.717) is 21.9 Å². The fraction of sp³-hybridized carbons (Fsp3) is 0. The van der Waals surface area contributed by atoms with Crippen molar-refractivity contribution in [2.24, 2.45) is 15.2 Å². The van der Waals surface area contributed by atoms with Crippen LogP contribution in [-0.4, -0.2) is 32.1 Å². The quantitative estimate of drug-likeness (QED) is 0.484. The minimum Gasteiger partial charge on any atom is -0.507 e. The maximum absolute atomic E-state index is 12.1. The largest absolute Gasteiger partial charge is 0.507 e. The van der Waals surface area contributed by atoms with E-state index in [2.05, 4.69) is 15.2 Å². The number of thioether (sulfide) groups is 1. The third-order valence-electron chi connectivity index (χ3n) is 4.47. The van der Waals surface area contributed by atoms with E-state index in [0.717, 1.165) is 11.8 Å². The minimum atomic E-state index is -0.711. The Balaban J connectivity index is 1.51. The van der Waals surface area contributed by atoms with Crippen LogP contribution in [0.1, 0.15) is 15.9 Å². The molecule has 2 heterocycles. The van der Waals surface area contributed by atoms with Crippen molar-refractivity contribution in [3.8, 4) is 5.75 Å². The van der Waals surface area contributed by atoms with E-state index in [1.54, 1.807) is 53.7 Å². The summed E-state index contributed by atoms with van der Waals surface area (Å²) in [6, 6.07) is 15.1. The van der Waals surface area contributed by atoms with Gasteiger partial charge in [0.15, 0.2) is 5.84 Å². The van der Waals surface area contributed by atoms with E-state index in [9.17, 15) is 19.8 Å². The van der Waals surface area contributed by atoms with Crippen LogP contribution in [0.25, 0.3) is 5.76 Å². The van der Waals surface area contributed by atoms with Crippen LogP contribution in [-0.2, 0) is 0 Å². The van der Waals surface area contributed by atoms with Gasteiger partial charge in [-0.2, -0.15) is 10.1 Å². The second kappa shape index (κ2) is 9.27. The number of phenols is 1. The molecule has 0 spiro atoms. The fourth-order valence-corrected chi connectivity index (χ4v) is 3.57. The number of phenolic OH excluding ortho intramolecular Hbond substituents is 1. The van der Waals surface area contributed by atoms with Gasteiger partial charge in [0, 0.05) is 23.5 Å². The average molecular weight is 444 g/mol. The summed E-state index contributed by atoms with van der Waals surface area (Å²) in [5, 5.41) is 27.1. The number of para-hydroxylation sites is 1. The molecule has 2 N–H and O–H groups in total. The Bertz CT molecular complexity index is 1240. The Labute approximate surface area is 187 Å². The lowest BCUT2D eigenvalue weighted by Crippen LogP contribution is -2.20. The SMILES string of the molecule is O=C1N=C(N2C=CC(=C(O)c3ccccc3)C=C2)/C(=C/N=NC(=O)c2ccccc2O)S1. The zero-order valence-electron chi connectivity index (χ0n) is 16.5. The number of amides is 2. The van der Waals surface area contributed by atoms with E-state index in [4.69, 9.17) is 0 Å². The molecule has 0 saturated carbocycles. The van der Waals surface area contributed by atoms with Gasteiger partial charge in [-0.3, -0.25) is 9.59 Å². The summed E-state index contributed by atoms with van der Waals surface area (Å²) in [5.74, 6) is -0.455. The van der Waals surface area contributed by atoms with Crippen molar-refractivity contribution in [3.63, 3.8) is 0 Å². The molecule has 2 amide bonds. The van der Waals surface area contributed by atoms with Crippen LogP contribution in [0, 0.1) is 0 Å².